The fourth-order valence-electron chi connectivity index (χ4n) is 4.10. The Morgan fingerprint density at radius 2 is 2.03 bits per heavy atom. The van der Waals surface area contributed by atoms with Crippen LogP contribution in [0.2, 0.25) is 0 Å². The van der Waals surface area contributed by atoms with E-state index in [0.29, 0.717) is 12.2 Å². The highest BCUT2D eigenvalue weighted by molar-refractivity contribution is 5.75. The van der Waals surface area contributed by atoms with Crippen molar-refractivity contribution in [1.82, 2.24) is 25.0 Å². The van der Waals surface area contributed by atoms with Crippen molar-refractivity contribution in [3.63, 3.8) is 0 Å². The quantitative estimate of drug-likeness (QED) is 0.654. The fraction of sp³-hybridized carbons (Fsp3) is 0.375. The van der Waals surface area contributed by atoms with Gasteiger partial charge in [-0.15, -0.1) is 0 Å². The number of carbonyl (C=O) groups is 1. The Kier molecular flexibility index (Phi) is 6.39. The Balaban J connectivity index is 1.38. The molecule has 0 saturated carbocycles. The predicted octanol–water partition coefficient (Wildman–Crippen LogP) is 4.09. The molecule has 2 amide bonds. The molecule has 4 rings (SSSR count). The molecule has 7 nitrogen and oxygen atoms in total. The highest BCUT2D eigenvalue weighted by atomic mass is 19.1. The van der Waals surface area contributed by atoms with Gasteiger partial charge in [-0.1, -0.05) is 18.2 Å². The van der Waals surface area contributed by atoms with Crippen LogP contribution in [0.4, 0.5) is 14.9 Å². The number of anilines is 1. The Bertz CT molecular complexity index is 1050. The van der Waals surface area contributed by atoms with Gasteiger partial charge < -0.3 is 15.1 Å². The molecule has 32 heavy (non-hydrogen) atoms. The van der Waals surface area contributed by atoms with Crippen LogP contribution in [0.3, 0.4) is 0 Å². The molecule has 2 unspecified atom stereocenters. The molecule has 2 atom stereocenters. The highest BCUT2D eigenvalue weighted by Crippen LogP contribution is 2.25. The number of rotatable bonds is 5. The van der Waals surface area contributed by atoms with Crippen LogP contribution in [0.15, 0.2) is 55.1 Å². The van der Waals surface area contributed by atoms with Crippen molar-refractivity contribution in [3.8, 4) is 5.69 Å². The van der Waals surface area contributed by atoms with Gasteiger partial charge in [0.05, 0.1) is 17.4 Å². The molecule has 1 saturated heterocycles. The van der Waals surface area contributed by atoms with Gasteiger partial charge in [-0.05, 0) is 62.1 Å². The molecule has 3 aromatic rings. The van der Waals surface area contributed by atoms with Crippen molar-refractivity contribution in [2.24, 2.45) is 0 Å². The predicted molar refractivity (Wildman–Crippen MR) is 122 cm³/mol. The number of nitrogens with zero attached hydrogens (tertiary/aromatic N) is 5. The van der Waals surface area contributed by atoms with Crippen LogP contribution in [0.25, 0.3) is 5.69 Å². The largest absolute Gasteiger partial charge is 0.367 e. The first-order valence-electron chi connectivity index (χ1n) is 10.9. The number of benzene rings is 2. The number of amides is 2. The minimum atomic E-state index is -0.220. The third kappa shape index (κ3) is 4.74. The smallest absolute Gasteiger partial charge is 0.317 e. The maximum absolute atomic E-state index is 14.3. The van der Waals surface area contributed by atoms with Gasteiger partial charge in [0.15, 0.2) is 0 Å². The van der Waals surface area contributed by atoms with Gasteiger partial charge in [0.1, 0.15) is 18.5 Å². The third-order valence-electron chi connectivity index (χ3n) is 6.15. The van der Waals surface area contributed by atoms with E-state index in [4.69, 9.17) is 0 Å². The summed E-state index contributed by atoms with van der Waals surface area (Å²) < 4.78 is 16.0. The average Bonchev–Trinajstić information content (AvgIpc) is 3.35. The lowest BCUT2D eigenvalue weighted by Gasteiger charge is -2.36. The number of urea groups is 1. The zero-order valence-electron chi connectivity index (χ0n) is 18.7. The first-order chi connectivity index (χ1) is 15.4. The highest BCUT2D eigenvalue weighted by Gasteiger charge is 2.26. The molecule has 0 spiro atoms. The summed E-state index contributed by atoms with van der Waals surface area (Å²) in [6, 6.07) is 12.8. The van der Waals surface area contributed by atoms with Gasteiger partial charge in [-0.25, -0.2) is 18.9 Å². The minimum absolute atomic E-state index is 0.0273. The van der Waals surface area contributed by atoms with Gasteiger partial charge in [0, 0.05) is 26.2 Å². The number of aryl methyl sites for hydroxylation is 1. The minimum Gasteiger partial charge on any atom is -0.367 e. The number of aromatic nitrogens is 3. The van der Waals surface area contributed by atoms with Crippen LogP contribution >= 0.6 is 0 Å². The molecule has 1 aliphatic rings. The Labute approximate surface area is 187 Å². The van der Waals surface area contributed by atoms with Gasteiger partial charge in [-0.2, -0.15) is 5.10 Å². The molecule has 168 valence electrons. The monoisotopic (exact) mass is 436 g/mol. The summed E-state index contributed by atoms with van der Waals surface area (Å²) in [5.41, 5.74) is 3.57. The zero-order valence-corrected chi connectivity index (χ0v) is 18.7. The maximum atomic E-state index is 14.3. The van der Waals surface area contributed by atoms with Crippen molar-refractivity contribution in [2.75, 3.05) is 25.0 Å². The van der Waals surface area contributed by atoms with Gasteiger partial charge in [-0.3, -0.25) is 0 Å². The molecule has 2 aromatic carbocycles. The van der Waals surface area contributed by atoms with E-state index in [2.05, 4.69) is 15.4 Å². The molecular weight excluding hydrogens is 407 g/mol. The van der Waals surface area contributed by atoms with Crippen LogP contribution in [0, 0.1) is 12.7 Å². The molecule has 1 fully saturated rings. The van der Waals surface area contributed by atoms with Crippen molar-refractivity contribution < 1.29 is 9.18 Å². The number of piperidine rings is 1. The molecule has 1 aliphatic heterocycles. The van der Waals surface area contributed by atoms with Gasteiger partial charge in [0.2, 0.25) is 0 Å². The third-order valence-corrected chi connectivity index (χ3v) is 6.15. The topological polar surface area (TPSA) is 66.3 Å². The van der Waals surface area contributed by atoms with Crippen LogP contribution in [0.5, 0.6) is 0 Å². The number of halogens is 1. The SMILES string of the molecule is Cc1ccc(F)c(N2CCCC(NC(=O)N(C)C(C)c3ccc(-n4cncn4)cc3)C2)c1. The summed E-state index contributed by atoms with van der Waals surface area (Å²) in [5.74, 6) is -0.220. The number of hydrogen-bond acceptors (Lipinski definition) is 4. The summed E-state index contributed by atoms with van der Waals surface area (Å²) in [7, 11) is 1.80. The second kappa shape index (κ2) is 9.38. The van der Waals surface area contributed by atoms with Crippen LogP contribution in [0.1, 0.15) is 36.9 Å². The second-order valence-corrected chi connectivity index (χ2v) is 8.41. The maximum Gasteiger partial charge on any atom is 0.317 e. The van der Waals surface area contributed by atoms with E-state index in [9.17, 15) is 9.18 Å². The molecule has 0 aliphatic carbocycles. The summed E-state index contributed by atoms with van der Waals surface area (Å²) in [5, 5.41) is 7.27. The van der Waals surface area contributed by atoms with E-state index < -0.39 is 0 Å². The number of nitrogens with one attached hydrogen (secondary N) is 1. The van der Waals surface area contributed by atoms with Gasteiger partial charge in [0.25, 0.3) is 0 Å². The molecule has 2 heterocycles. The van der Waals surface area contributed by atoms with Crippen LogP contribution < -0.4 is 10.2 Å². The lowest BCUT2D eigenvalue weighted by atomic mass is 10.0. The summed E-state index contributed by atoms with van der Waals surface area (Å²) in [6.45, 7) is 5.35. The van der Waals surface area contributed by atoms with Crippen molar-refractivity contribution >= 4 is 11.7 Å². The van der Waals surface area contributed by atoms with Crippen LogP contribution in [-0.4, -0.2) is 51.9 Å². The summed E-state index contributed by atoms with van der Waals surface area (Å²) in [6.07, 6.45) is 4.92. The van der Waals surface area contributed by atoms with Crippen molar-refractivity contribution in [1.29, 1.82) is 0 Å². The molecule has 0 radical (unpaired) electrons. The lowest BCUT2D eigenvalue weighted by Crippen LogP contribution is -2.51. The van der Waals surface area contributed by atoms with Gasteiger partial charge >= 0.3 is 6.03 Å². The number of hydrogen-bond donors (Lipinski definition) is 1. The van der Waals surface area contributed by atoms with E-state index in [0.717, 1.165) is 36.2 Å². The van der Waals surface area contributed by atoms with Crippen molar-refractivity contribution in [2.45, 2.75) is 38.8 Å². The molecule has 8 heteroatoms. The normalized spacial score (nSPS) is 17.1. The lowest BCUT2D eigenvalue weighted by molar-refractivity contribution is 0.188. The molecular formula is C24H29FN6O. The summed E-state index contributed by atoms with van der Waals surface area (Å²) in [4.78, 5) is 20.6. The van der Waals surface area contributed by atoms with E-state index in [-0.39, 0.29) is 23.9 Å². The first-order valence-corrected chi connectivity index (χ1v) is 10.9. The van der Waals surface area contributed by atoms with E-state index in [1.54, 1.807) is 29.0 Å². The zero-order chi connectivity index (χ0) is 22.7. The van der Waals surface area contributed by atoms with E-state index in [1.807, 2.05) is 49.1 Å². The average molecular weight is 437 g/mol. The Morgan fingerprint density at radius 1 is 1.25 bits per heavy atom. The van der Waals surface area contributed by atoms with Crippen LogP contribution in [-0.2, 0) is 0 Å². The fourth-order valence-corrected chi connectivity index (χ4v) is 4.10. The van der Waals surface area contributed by atoms with E-state index in [1.165, 1.54) is 12.4 Å². The first kappa shape index (κ1) is 21.8. The van der Waals surface area contributed by atoms with E-state index >= 15 is 0 Å². The molecule has 0 bridgehead atoms. The number of carbonyl (C=O) groups excluding carboxylic acids is 1. The summed E-state index contributed by atoms with van der Waals surface area (Å²) >= 11 is 0. The Hall–Kier alpha value is -3.42. The Morgan fingerprint density at radius 3 is 2.75 bits per heavy atom. The second-order valence-electron chi connectivity index (χ2n) is 8.41. The standard InChI is InChI=1S/C24H29FN6O/c1-17-6-11-22(25)23(13-17)30-12-4-5-20(14-30)28-24(32)29(3)18(2)19-7-9-21(10-8-19)31-16-26-15-27-31/h6-11,13,15-16,18,20H,4-5,12,14H2,1-3H3,(H,28,32). The van der Waals surface area contributed by atoms with Crippen molar-refractivity contribution in [3.05, 3.63) is 72.1 Å². The molecule has 1 N–H and O–H groups in total. The molecule has 1 aromatic heterocycles.